The number of hydrogen-bond donors (Lipinski definition) is 2. The number of ketones is 1. The van der Waals surface area contributed by atoms with Crippen molar-refractivity contribution in [2.24, 2.45) is 0 Å². The number of nitrogens with one attached hydrogen (secondary N) is 2. The molecular weight excluding hydrogens is 496 g/mol. The number of rotatable bonds is 10. The molecule has 4 aromatic rings. The first kappa shape index (κ1) is 26.3. The van der Waals surface area contributed by atoms with Crippen molar-refractivity contribution in [3.05, 3.63) is 130 Å². The number of carbonyl (C=O) groups excluding carboxylic acids is 3. The first-order chi connectivity index (χ1) is 18.5. The van der Waals surface area contributed by atoms with Crippen LogP contribution in [-0.4, -0.2) is 24.2 Å². The third-order valence-electron chi connectivity index (χ3n) is 5.45. The summed E-state index contributed by atoms with van der Waals surface area (Å²) in [6, 6.07) is 24.4. The van der Waals surface area contributed by atoms with Gasteiger partial charge in [-0.25, -0.2) is 0 Å². The van der Waals surface area contributed by atoms with Gasteiger partial charge in [-0.05, 0) is 83.9 Å². The van der Waals surface area contributed by atoms with E-state index in [1.54, 1.807) is 84.2 Å². The van der Waals surface area contributed by atoms with Crippen molar-refractivity contribution < 1.29 is 19.1 Å². The zero-order valence-corrected chi connectivity index (χ0v) is 21.5. The van der Waals surface area contributed by atoms with Crippen molar-refractivity contribution in [1.82, 2.24) is 5.32 Å². The van der Waals surface area contributed by atoms with Crippen LogP contribution in [0.3, 0.4) is 0 Å². The van der Waals surface area contributed by atoms with Gasteiger partial charge in [0.15, 0.2) is 5.78 Å². The fourth-order valence-electron chi connectivity index (χ4n) is 3.54. The molecule has 0 aliphatic rings. The summed E-state index contributed by atoms with van der Waals surface area (Å²) < 4.78 is 5.68. The van der Waals surface area contributed by atoms with Crippen molar-refractivity contribution in [2.75, 3.05) is 11.9 Å². The molecule has 2 amide bonds. The molecule has 0 saturated heterocycles. The number of allylic oxidation sites excluding steroid dienone is 1. The van der Waals surface area contributed by atoms with E-state index in [0.717, 1.165) is 5.56 Å². The minimum atomic E-state index is -0.517. The Morgan fingerprint density at radius 3 is 2.32 bits per heavy atom. The van der Waals surface area contributed by atoms with Crippen LogP contribution in [0.4, 0.5) is 5.69 Å². The van der Waals surface area contributed by atoms with Crippen LogP contribution in [0.2, 0.25) is 0 Å². The Balaban J connectivity index is 1.54. The molecule has 0 radical (unpaired) electrons. The van der Waals surface area contributed by atoms with Gasteiger partial charge < -0.3 is 15.4 Å². The quantitative estimate of drug-likeness (QED) is 0.185. The maximum Gasteiger partial charge on any atom is 0.272 e. The summed E-state index contributed by atoms with van der Waals surface area (Å²) in [5.41, 5.74) is 3.05. The van der Waals surface area contributed by atoms with Gasteiger partial charge in [0.25, 0.3) is 11.8 Å². The number of para-hydroxylation sites is 1. The minimum absolute atomic E-state index is 0.0462. The van der Waals surface area contributed by atoms with Crippen LogP contribution < -0.4 is 15.4 Å². The Bertz CT molecular complexity index is 1460. The van der Waals surface area contributed by atoms with Crippen LogP contribution >= 0.6 is 11.3 Å². The maximum atomic E-state index is 13.3. The van der Waals surface area contributed by atoms with Crippen LogP contribution in [0, 0.1) is 0 Å². The number of hydrogen-bond acceptors (Lipinski definition) is 5. The lowest BCUT2D eigenvalue weighted by atomic mass is 10.1. The average Bonchev–Trinajstić information content (AvgIpc) is 3.47. The van der Waals surface area contributed by atoms with Gasteiger partial charge in [-0.15, -0.1) is 0 Å². The van der Waals surface area contributed by atoms with Gasteiger partial charge in [0.2, 0.25) is 0 Å². The Labute approximate surface area is 225 Å². The second-order valence-corrected chi connectivity index (χ2v) is 8.91. The topological polar surface area (TPSA) is 84.5 Å². The van der Waals surface area contributed by atoms with E-state index in [0.29, 0.717) is 34.7 Å². The van der Waals surface area contributed by atoms with Crippen LogP contribution in [0.1, 0.15) is 38.8 Å². The maximum absolute atomic E-state index is 13.3. The highest BCUT2D eigenvalue weighted by molar-refractivity contribution is 7.08. The van der Waals surface area contributed by atoms with Crippen LogP contribution in [0.25, 0.3) is 12.2 Å². The highest BCUT2D eigenvalue weighted by atomic mass is 32.1. The summed E-state index contributed by atoms with van der Waals surface area (Å²) in [6.07, 6.45) is 4.86. The SMILES string of the molecule is CCOc1ccccc1/C=C(\NC(=O)c1ccccc1)C(=O)Nc1ccc(C(=O)/C=C/c2ccsc2)cc1. The predicted octanol–water partition coefficient (Wildman–Crippen LogP) is 6.45. The van der Waals surface area contributed by atoms with Crippen molar-refractivity contribution in [2.45, 2.75) is 6.92 Å². The zero-order chi connectivity index (χ0) is 26.7. The summed E-state index contributed by atoms with van der Waals surface area (Å²) in [7, 11) is 0. The summed E-state index contributed by atoms with van der Waals surface area (Å²) in [6.45, 7) is 2.33. The van der Waals surface area contributed by atoms with Crippen molar-refractivity contribution in [3.63, 3.8) is 0 Å². The fraction of sp³-hybridized carbons (Fsp3) is 0.0645. The van der Waals surface area contributed by atoms with Crippen molar-refractivity contribution >= 4 is 46.8 Å². The molecule has 190 valence electrons. The Morgan fingerprint density at radius 1 is 0.868 bits per heavy atom. The van der Waals surface area contributed by atoms with Gasteiger partial charge in [-0.2, -0.15) is 11.3 Å². The van der Waals surface area contributed by atoms with Gasteiger partial charge in [0.05, 0.1) is 6.61 Å². The van der Waals surface area contributed by atoms with Crippen molar-refractivity contribution in [3.8, 4) is 5.75 Å². The molecule has 1 heterocycles. The highest BCUT2D eigenvalue weighted by Crippen LogP contribution is 2.21. The predicted molar refractivity (Wildman–Crippen MR) is 152 cm³/mol. The summed E-state index contributed by atoms with van der Waals surface area (Å²) in [4.78, 5) is 38.7. The molecule has 0 saturated carbocycles. The molecule has 38 heavy (non-hydrogen) atoms. The van der Waals surface area contributed by atoms with E-state index in [2.05, 4.69) is 10.6 Å². The van der Waals surface area contributed by atoms with E-state index in [1.807, 2.05) is 41.9 Å². The normalized spacial score (nSPS) is 11.2. The smallest absolute Gasteiger partial charge is 0.272 e. The molecule has 0 aliphatic heterocycles. The Hall–Kier alpha value is -4.75. The molecule has 0 spiro atoms. The third kappa shape index (κ3) is 7.15. The first-order valence-corrected chi connectivity index (χ1v) is 12.9. The average molecular weight is 523 g/mol. The lowest BCUT2D eigenvalue weighted by Crippen LogP contribution is -2.30. The number of amides is 2. The third-order valence-corrected chi connectivity index (χ3v) is 6.15. The highest BCUT2D eigenvalue weighted by Gasteiger charge is 2.16. The Kier molecular flexibility index (Phi) is 8.99. The fourth-order valence-corrected chi connectivity index (χ4v) is 4.17. The van der Waals surface area contributed by atoms with E-state index in [-0.39, 0.29) is 11.5 Å². The Morgan fingerprint density at radius 2 is 1.61 bits per heavy atom. The largest absolute Gasteiger partial charge is 0.493 e. The summed E-state index contributed by atoms with van der Waals surface area (Å²) >= 11 is 1.56. The monoisotopic (exact) mass is 522 g/mol. The lowest BCUT2D eigenvalue weighted by Gasteiger charge is -2.13. The molecule has 7 heteroatoms. The molecule has 2 N–H and O–H groups in total. The summed E-state index contributed by atoms with van der Waals surface area (Å²) in [5, 5.41) is 9.43. The van der Waals surface area contributed by atoms with Crippen LogP contribution in [-0.2, 0) is 4.79 Å². The molecule has 0 fully saturated rings. The molecule has 1 aromatic heterocycles. The van der Waals surface area contributed by atoms with Crippen LogP contribution in [0.15, 0.2) is 107 Å². The second-order valence-electron chi connectivity index (χ2n) is 8.13. The standard InChI is InChI=1S/C31H26N2O4S/c1-2-37-29-11-7-6-10-25(29)20-27(33-30(35)24-8-4-3-5-9-24)31(36)32-26-15-13-23(14-16-26)28(34)17-12-22-18-19-38-21-22/h3-21H,2H2,1H3,(H,32,36)(H,33,35)/b17-12+,27-20-. The molecule has 0 unspecified atom stereocenters. The molecular formula is C31H26N2O4S. The van der Waals surface area contributed by atoms with Gasteiger partial charge >= 0.3 is 0 Å². The van der Waals surface area contributed by atoms with Gasteiger partial charge in [0.1, 0.15) is 11.4 Å². The zero-order valence-electron chi connectivity index (χ0n) is 20.7. The van der Waals surface area contributed by atoms with Crippen LogP contribution in [0.5, 0.6) is 5.75 Å². The number of anilines is 1. The number of benzene rings is 3. The minimum Gasteiger partial charge on any atom is -0.493 e. The number of thiophene rings is 1. The lowest BCUT2D eigenvalue weighted by molar-refractivity contribution is -0.113. The molecule has 0 aliphatic carbocycles. The summed E-state index contributed by atoms with van der Waals surface area (Å²) in [5.74, 6) is -0.485. The van der Waals surface area contributed by atoms with Crippen molar-refractivity contribution in [1.29, 1.82) is 0 Å². The molecule has 3 aromatic carbocycles. The molecule has 6 nitrogen and oxygen atoms in total. The van der Waals surface area contributed by atoms with Gasteiger partial charge in [0, 0.05) is 22.4 Å². The van der Waals surface area contributed by atoms with Gasteiger partial charge in [-0.1, -0.05) is 42.5 Å². The van der Waals surface area contributed by atoms with E-state index in [4.69, 9.17) is 4.74 Å². The van der Waals surface area contributed by atoms with E-state index in [1.165, 1.54) is 6.08 Å². The second kappa shape index (κ2) is 13.0. The molecule has 4 rings (SSSR count). The van der Waals surface area contributed by atoms with Gasteiger partial charge in [-0.3, -0.25) is 14.4 Å². The molecule has 0 atom stereocenters. The van der Waals surface area contributed by atoms with E-state index in [9.17, 15) is 14.4 Å². The first-order valence-electron chi connectivity index (χ1n) is 12.0. The van der Waals surface area contributed by atoms with E-state index < -0.39 is 11.8 Å². The number of ether oxygens (including phenoxy) is 1. The van der Waals surface area contributed by atoms with E-state index >= 15 is 0 Å². The molecule has 0 bridgehead atoms. The number of carbonyl (C=O) groups is 3.